The van der Waals surface area contributed by atoms with Crippen molar-refractivity contribution in [2.45, 2.75) is 11.8 Å². The largest absolute Gasteiger partial charge is 0.480 e. The molecule has 1 amide bonds. The van der Waals surface area contributed by atoms with E-state index < -0.39 is 12.0 Å². The molecular weight excluding hydrogens is 299 g/mol. The summed E-state index contributed by atoms with van der Waals surface area (Å²) in [7, 11) is 0. The van der Waals surface area contributed by atoms with E-state index in [1.165, 1.54) is 11.8 Å². The molecule has 0 aromatic carbocycles. The number of rotatable bonds is 7. The summed E-state index contributed by atoms with van der Waals surface area (Å²) in [5.41, 5.74) is 0.765. The number of carbonyl (C=O) groups excluding carboxylic acids is 1. The van der Waals surface area contributed by atoms with Crippen molar-refractivity contribution >= 4 is 47.3 Å². The van der Waals surface area contributed by atoms with Gasteiger partial charge in [-0.1, -0.05) is 29.3 Å². The molecule has 1 heterocycles. The first-order chi connectivity index (χ1) is 8.54. The lowest BCUT2D eigenvalue weighted by Crippen LogP contribution is -2.37. The minimum Gasteiger partial charge on any atom is -0.480 e. The molecule has 0 aliphatic rings. The molecule has 98 valence electrons. The van der Waals surface area contributed by atoms with E-state index in [1.54, 1.807) is 12.1 Å². The molecule has 2 N–H and O–H groups in total. The van der Waals surface area contributed by atoms with Crippen molar-refractivity contribution in [1.82, 2.24) is 10.3 Å². The molecule has 1 unspecified atom stereocenters. The first-order valence-corrected chi connectivity index (χ1v) is 6.77. The van der Waals surface area contributed by atoms with Crippen LogP contribution in [0.3, 0.4) is 0 Å². The molecule has 0 bridgehead atoms. The van der Waals surface area contributed by atoms with E-state index in [4.69, 9.17) is 28.3 Å². The van der Waals surface area contributed by atoms with Gasteiger partial charge in [0.1, 0.15) is 16.3 Å². The van der Waals surface area contributed by atoms with Gasteiger partial charge in [0.15, 0.2) is 0 Å². The number of carbonyl (C=O) groups is 2. The Balaban J connectivity index is 2.49. The topological polar surface area (TPSA) is 79.3 Å². The lowest BCUT2D eigenvalue weighted by Gasteiger charge is -2.10. The van der Waals surface area contributed by atoms with Crippen molar-refractivity contribution in [3.63, 3.8) is 0 Å². The van der Waals surface area contributed by atoms with Crippen molar-refractivity contribution in [2.24, 2.45) is 0 Å². The van der Waals surface area contributed by atoms with E-state index in [2.05, 4.69) is 10.3 Å². The molecule has 0 saturated carbocycles. The number of thioether (sulfide) groups is 1. The minimum absolute atomic E-state index is 0.243. The van der Waals surface area contributed by atoms with Gasteiger partial charge in [-0.25, -0.2) is 9.78 Å². The molecule has 0 spiro atoms. The maximum Gasteiger partial charge on any atom is 0.327 e. The molecule has 1 rings (SSSR count). The predicted molar refractivity (Wildman–Crippen MR) is 71.0 cm³/mol. The Morgan fingerprint density at radius 3 is 2.83 bits per heavy atom. The molecular formula is C10H10Cl2N2O3S. The number of carboxylic acids is 1. The number of pyridine rings is 1. The second-order valence-electron chi connectivity index (χ2n) is 3.27. The fraction of sp³-hybridized carbons (Fsp3) is 0.300. The van der Waals surface area contributed by atoms with Gasteiger partial charge < -0.3 is 10.4 Å². The van der Waals surface area contributed by atoms with Crippen LogP contribution in [0.1, 0.15) is 5.56 Å². The van der Waals surface area contributed by atoms with Gasteiger partial charge in [0.25, 0.3) is 0 Å². The van der Waals surface area contributed by atoms with Crippen molar-refractivity contribution in [3.8, 4) is 0 Å². The summed E-state index contributed by atoms with van der Waals surface area (Å²) in [5, 5.41) is 11.6. The van der Waals surface area contributed by atoms with Crippen LogP contribution in [0.2, 0.25) is 10.3 Å². The van der Waals surface area contributed by atoms with Gasteiger partial charge in [0, 0.05) is 11.5 Å². The average molecular weight is 309 g/mol. The number of nitrogens with zero attached hydrogens (tertiary/aromatic N) is 1. The molecule has 1 aromatic rings. The van der Waals surface area contributed by atoms with Crippen molar-refractivity contribution in [1.29, 1.82) is 0 Å². The molecule has 18 heavy (non-hydrogen) atoms. The van der Waals surface area contributed by atoms with Gasteiger partial charge in [-0.3, -0.25) is 4.79 Å². The summed E-state index contributed by atoms with van der Waals surface area (Å²) in [6.45, 7) is 0. The standard InChI is InChI=1S/C10H10Cl2N2O3S/c11-8-2-1-6(9(12)14-8)3-18-4-7(10(16)17)13-5-15/h1-2,5,7H,3-4H2,(H,13,15)(H,16,17). The second kappa shape index (κ2) is 7.45. The molecule has 5 nitrogen and oxygen atoms in total. The van der Waals surface area contributed by atoms with E-state index in [0.717, 1.165) is 5.56 Å². The summed E-state index contributed by atoms with van der Waals surface area (Å²) in [6.07, 6.45) is 0.371. The number of carboxylic acid groups (broad SMARTS) is 1. The van der Waals surface area contributed by atoms with Crippen LogP contribution < -0.4 is 5.32 Å². The molecule has 1 aromatic heterocycles. The highest BCUT2D eigenvalue weighted by atomic mass is 35.5. The fourth-order valence-electron chi connectivity index (χ4n) is 1.11. The number of nitrogens with one attached hydrogen (secondary N) is 1. The predicted octanol–water partition coefficient (Wildman–Crippen LogP) is 1.82. The highest BCUT2D eigenvalue weighted by Crippen LogP contribution is 2.21. The van der Waals surface area contributed by atoms with Gasteiger partial charge in [0.2, 0.25) is 6.41 Å². The summed E-state index contributed by atoms with van der Waals surface area (Å²) >= 11 is 12.9. The van der Waals surface area contributed by atoms with Crippen LogP contribution in [0, 0.1) is 0 Å². The highest BCUT2D eigenvalue weighted by Gasteiger charge is 2.16. The lowest BCUT2D eigenvalue weighted by molar-refractivity contribution is -0.139. The first kappa shape index (κ1) is 15.1. The third-order valence-corrected chi connectivity index (χ3v) is 3.62. The first-order valence-electron chi connectivity index (χ1n) is 4.85. The number of aromatic nitrogens is 1. The number of hydrogen-bond acceptors (Lipinski definition) is 4. The lowest BCUT2D eigenvalue weighted by atomic mass is 10.3. The van der Waals surface area contributed by atoms with E-state index in [1.807, 2.05) is 0 Å². The summed E-state index contributed by atoms with van der Waals surface area (Å²) in [6, 6.07) is 2.43. The summed E-state index contributed by atoms with van der Waals surface area (Å²) in [4.78, 5) is 24.8. The fourth-order valence-corrected chi connectivity index (χ4v) is 2.64. The Kier molecular flexibility index (Phi) is 6.24. The van der Waals surface area contributed by atoms with E-state index in [-0.39, 0.29) is 5.75 Å². The Morgan fingerprint density at radius 1 is 1.56 bits per heavy atom. The molecule has 0 fully saturated rings. The number of hydrogen-bond donors (Lipinski definition) is 2. The van der Waals surface area contributed by atoms with Crippen LogP contribution in [-0.2, 0) is 15.3 Å². The monoisotopic (exact) mass is 308 g/mol. The summed E-state index contributed by atoms with van der Waals surface area (Å²) < 4.78 is 0. The quantitative estimate of drug-likeness (QED) is 0.593. The Labute approximate surface area is 118 Å². The van der Waals surface area contributed by atoms with Crippen LogP contribution >= 0.6 is 35.0 Å². The smallest absolute Gasteiger partial charge is 0.327 e. The van der Waals surface area contributed by atoms with Crippen LogP contribution in [0.5, 0.6) is 0 Å². The highest BCUT2D eigenvalue weighted by molar-refractivity contribution is 7.98. The molecule has 0 saturated heterocycles. The van der Waals surface area contributed by atoms with Gasteiger partial charge in [-0.2, -0.15) is 11.8 Å². The van der Waals surface area contributed by atoms with Crippen LogP contribution in [-0.4, -0.2) is 34.3 Å². The Morgan fingerprint density at radius 2 is 2.28 bits per heavy atom. The van der Waals surface area contributed by atoms with Crippen molar-refractivity contribution in [2.75, 3.05) is 5.75 Å². The normalized spacial score (nSPS) is 11.9. The van der Waals surface area contributed by atoms with E-state index in [9.17, 15) is 9.59 Å². The van der Waals surface area contributed by atoms with Gasteiger partial charge in [-0.15, -0.1) is 0 Å². The van der Waals surface area contributed by atoms with Crippen LogP contribution in [0.4, 0.5) is 0 Å². The number of halogens is 2. The molecule has 0 aliphatic heterocycles. The molecule has 0 aliphatic carbocycles. The third-order valence-electron chi connectivity index (χ3n) is 2.00. The molecule has 1 atom stereocenters. The van der Waals surface area contributed by atoms with Crippen molar-refractivity contribution < 1.29 is 14.7 Å². The molecule has 0 radical (unpaired) electrons. The zero-order valence-corrected chi connectivity index (χ0v) is 11.4. The zero-order chi connectivity index (χ0) is 13.5. The molecule has 8 heteroatoms. The van der Waals surface area contributed by atoms with Crippen molar-refractivity contribution in [3.05, 3.63) is 28.0 Å². The maximum absolute atomic E-state index is 10.8. The van der Waals surface area contributed by atoms with Gasteiger partial charge in [0.05, 0.1) is 0 Å². The Hall–Kier alpha value is -0.980. The summed E-state index contributed by atoms with van der Waals surface area (Å²) in [5.74, 6) is -0.338. The van der Waals surface area contributed by atoms with Crippen LogP contribution in [0.25, 0.3) is 0 Å². The Bertz CT molecular complexity index is 445. The van der Waals surface area contributed by atoms with Gasteiger partial charge >= 0.3 is 5.97 Å². The van der Waals surface area contributed by atoms with E-state index >= 15 is 0 Å². The zero-order valence-electron chi connectivity index (χ0n) is 9.10. The second-order valence-corrected chi connectivity index (χ2v) is 5.05. The van der Waals surface area contributed by atoms with Crippen LogP contribution in [0.15, 0.2) is 12.1 Å². The number of aliphatic carboxylic acids is 1. The van der Waals surface area contributed by atoms with Gasteiger partial charge in [-0.05, 0) is 11.6 Å². The maximum atomic E-state index is 10.8. The minimum atomic E-state index is -1.07. The van der Waals surface area contributed by atoms with E-state index in [0.29, 0.717) is 22.5 Å². The SMILES string of the molecule is O=CNC(CSCc1ccc(Cl)nc1Cl)C(=O)O. The third kappa shape index (κ3) is 4.72. The average Bonchev–Trinajstić information content (AvgIpc) is 2.30. The number of amides is 1.